The van der Waals surface area contributed by atoms with E-state index in [0.29, 0.717) is 17.6 Å². The van der Waals surface area contributed by atoms with Gasteiger partial charge in [0.1, 0.15) is 0 Å². The fraction of sp³-hybridized carbons (Fsp3) is 0. The van der Waals surface area contributed by atoms with Gasteiger partial charge in [0, 0.05) is 38.2 Å². The molecule has 5 nitrogen and oxygen atoms in total. The predicted octanol–water partition coefficient (Wildman–Crippen LogP) is 16.1. The van der Waals surface area contributed by atoms with Crippen molar-refractivity contribution in [1.29, 1.82) is 0 Å². The number of benzene rings is 10. The highest BCUT2D eigenvalue weighted by molar-refractivity contribution is 6.24. The third-order valence-electron chi connectivity index (χ3n) is 13.2. The van der Waals surface area contributed by atoms with E-state index in [1.54, 1.807) is 0 Å². The Morgan fingerprint density at radius 2 is 0.706 bits per heavy atom. The SMILES string of the molecule is c1ccc(-c2ccc(-c3nc(-c4cccc(-c5ccccc5)c4)nc(-n4c5ccccc5c5ccc6c7cc(-c8ccccc8)ccc7n(-c7ccccc7-c7ccccc7)c6c54)n3)cc2)cc1. The van der Waals surface area contributed by atoms with E-state index in [1.807, 2.05) is 12.1 Å². The third-order valence-corrected chi connectivity index (χ3v) is 13.2. The zero-order valence-corrected chi connectivity index (χ0v) is 36.9. The molecule has 0 aliphatic heterocycles. The summed E-state index contributed by atoms with van der Waals surface area (Å²) in [4.78, 5) is 16.2. The summed E-state index contributed by atoms with van der Waals surface area (Å²) in [5.41, 5.74) is 16.2. The van der Waals surface area contributed by atoms with Crippen molar-refractivity contribution in [3.63, 3.8) is 0 Å². The first-order valence-corrected chi connectivity index (χ1v) is 23.0. The Morgan fingerprint density at radius 1 is 0.250 bits per heavy atom. The van der Waals surface area contributed by atoms with Gasteiger partial charge in [0.15, 0.2) is 11.6 Å². The highest BCUT2D eigenvalue weighted by Crippen LogP contribution is 2.44. The van der Waals surface area contributed by atoms with Crippen molar-refractivity contribution in [2.24, 2.45) is 0 Å². The predicted molar refractivity (Wildman–Crippen MR) is 281 cm³/mol. The molecule has 68 heavy (non-hydrogen) atoms. The minimum Gasteiger partial charge on any atom is -0.307 e. The van der Waals surface area contributed by atoms with Crippen molar-refractivity contribution in [2.45, 2.75) is 0 Å². The van der Waals surface area contributed by atoms with Gasteiger partial charge in [-0.1, -0.05) is 218 Å². The van der Waals surface area contributed by atoms with Gasteiger partial charge in [0.05, 0.1) is 27.8 Å². The van der Waals surface area contributed by atoms with Crippen molar-refractivity contribution >= 4 is 43.6 Å². The van der Waals surface area contributed by atoms with Crippen LogP contribution in [-0.2, 0) is 0 Å². The van der Waals surface area contributed by atoms with E-state index < -0.39 is 0 Å². The van der Waals surface area contributed by atoms with Crippen LogP contribution in [-0.4, -0.2) is 24.1 Å². The number of nitrogens with zero attached hydrogens (tertiary/aromatic N) is 5. The Morgan fingerprint density at radius 3 is 1.40 bits per heavy atom. The standard InChI is InChI=1S/C63H41N5/c1-5-18-42(19-6-1)45-32-34-47(35-33-45)61-64-62(50-27-17-26-48(40-50)43-20-7-2-8-21-43)66-63(65-61)68-57-31-16-14-29-52(57)53-37-38-54-55-41-49(44-22-9-3-10-23-44)36-39-58(55)67(59(54)60(53)68)56-30-15-13-28-51(56)46-24-11-4-12-25-46/h1-41H. The van der Waals surface area contributed by atoms with Crippen LogP contribution >= 0.6 is 0 Å². The molecule has 0 aliphatic carbocycles. The first kappa shape index (κ1) is 39.2. The first-order chi connectivity index (χ1) is 33.7. The lowest BCUT2D eigenvalue weighted by molar-refractivity contribution is 0.953. The summed E-state index contributed by atoms with van der Waals surface area (Å²) < 4.78 is 4.74. The van der Waals surface area contributed by atoms with Crippen LogP contribution in [0.3, 0.4) is 0 Å². The fourth-order valence-electron chi connectivity index (χ4n) is 9.98. The van der Waals surface area contributed by atoms with Crippen LogP contribution in [0.5, 0.6) is 0 Å². The zero-order valence-electron chi connectivity index (χ0n) is 36.9. The molecule has 0 saturated heterocycles. The van der Waals surface area contributed by atoms with E-state index in [2.05, 4.69) is 246 Å². The second kappa shape index (κ2) is 16.4. The van der Waals surface area contributed by atoms with Crippen LogP contribution < -0.4 is 0 Å². The van der Waals surface area contributed by atoms with Crippen LogP contribution in [0.1, 0.15) is 0 Å². The molecular formula is C63H41N5. The summed E-state index contributed by atoms with van der Waals surface area (Å²) in [7, 11) is 0. The van der Waals surface area contributed by atoms with Crippen LogP contribution in [0.25, 0.3) is 123 Å². The maximum atomic E-state index is 5.49. The molecule has 0 fully saturated rings. The van der Waals surface area contributed by atoms with Gasteiger partial charge in [-0.15, -0.1) is 0 Å². The summed E-state index contributed by atoms with van der Waals surface area (Å²) in [6, 6.07) is 88.2. The zero-order chi connectivity index (χ0) is 45.0. The molecule has 0 bridgehead atoms. The van der Waals surface area contributed by atoms with Gasteiger partial charge in [-0.2, -0.15) is 9.97 Å². The van der Waals surface area contributed by atoms with Crippen molar-refractivity contribution in [3.8, 4) is 78.9 Å². The Kier molecular flexibility index (Phi) is 9.43. The van der Waals surface area contributed by atoms with Crippen molar-refractivity contribution in [3.05, 3.63) is 249 Å². The normalized spacial score (nSPS) is 11.5. The van der Waals surface area contributed by atoms with E-state index in [0.717, 1.165) is 99.4 Å². The first-order valence-electron chi connectivity index (χ1n) is 23.0. The smallest absolute Gasteiger partial charge is 0.238 e. The van der Waals surface area contributed by atoms with Gasteiger partial charge in [-0.25, -0.2) is 4.98 Å². The van der Waals surface area contributed by atoms with E-state index >= 15 is 0 Å². The van der Waals surface area contributed by atoms with Crippen LogP contribution in [0.4, 0.5) is 0 Å². The lowest BCUT2D eigenvalue weighted by atomic mass is 10.0. The lowest BCUT2D eigenvalue weighted by Crippen LogP contribution is -2.07. The minimum atomic E-state index is 0.541. The van der Waals surface area contributed by atoms with Crippen LogP contribution in [0, 0.1) is 0 Å². The highest BCUT2D eigenvalue weighted by Gasteiger charge is 2.25. The van der Waals surface area contributed by atoms with Crippen molar-refractivity contribution < 1.29 is 0 Å². The maximum Gasteiger partial charge on any atom is 0.238 e. The van der Waals surface area contributed by atoms with Gasteiger partial charge >= 0.3 is 0 Å². The molecule has 10 aromatic carbocycles. The van der Waals surface area contributed by atoms with Gasteiger partial charge in [0.2, 0.25) is 5.95 Å². The van der Waals surface area contributed by atoms with Crippen molar-refractivity contribution in [2.75, 3.05) is 0 Å². The molecule has 13 aromatic rings. The van der Waals surface area contributed by atoms with Gasteiger partial charge in [0.25, 0.3) is 0 Å². The molecule has 318 valence electrons. The molecule has 0 amide bonds. The van der Waals surface area contributed by atoms with Crippen LogP contribution in [0.15, 0.2) is 249 Å². The Labute approximate surface area is 393 Å². The molecular weight excluding hydrogens is 827 g/mol. The van der Waals surface area contributed by atoms with E-state index in [-0.39, 0.29) is 0 Å². The summed E-state index contributed by atoms with van der Waals surface area (Å²) in [6.45, 7) is 0. The molecule has 0 aliphatic rings. The van der Waals surface area contributed by atoms with Gasteiger partial charge < -0.3 is 4.57 Å². The summed E-state index contributed by atoms with van der Waals surface area (Å²) >= 11 is 0. The van der Waals surface area contributed by atoms with Gasteiger partial charge in [-0.3, -0.25) is 4.57 Å². The molecule has 3 heterocycles. The lowest BCUT2D eigenvalue weighted by Gasteiger charge is -2.16. The molecule has 3 aromatic heterocycles. The average molecular weight is 868 g/mol. The average Bonchev–Trinajstić information content (AvgIpc) is 3.94. The number of aromatic nitrogens is 5. The molecule has 0 unspecified atom stereocenters. The van der Waals surface area contributed by atoms with E-state index in [9.17, 15) is 0 Å². The molecule has 13 rings (SSSR count). The minimum absolute atomic E-state index is 0.541. The quantitative estimate of drug-likeness (QED) is 0.153. The van der Waals surface area contributed by atoms with Gasteiger partial charge in [-0.05, 0) is 69.3 Å². The largest absolute Gasteiger partial charge is 0.307 e. The maximum absolute atomic E-state index is 5.49. The van der Waals surface area contributed by atoms with Crippen LogP contribution in [0.2, 0.25) is 0 Å². The molecule has 0 atom stereocenters. The Hall–Kier alpha value is -9.19. The fourth-order valence-corrected chi connectivity index (χ4v) is 9.98. The number of hydrogen-bond acceptors (Lipinski definition) is 3. The second-order valence-electron chi connectivity index (χ2n) is 17.2. The summed E-state index contributed by atoms with van der Waals surface area (Å²) in [5.74, 6) is 1.73. The summed E-state index contributed by atoms with van der Waals surface area (Å²) in [6.07, 6.45) is 0. The molecule has 5 heteroatoms. The number of hydrogen-bond donors (Lipinski definition) is 0. The Bertz CT molecular complexity index is 3990. The topological polar surface area (TPSA) is 48.5 Å². The monoisotopic (exact) mass is 867 g/mol. The number of para-hydroxylation sites is 2. The van der Waals surface area contributed by atoms with E-state index in [1.165, 1.54) is 5.56 Å². The van der Waals surface area contributed by atoms with Crippen molar-refractivity contribution in [1.82, 2.24) is 24.1 Å². The highest BCUT2D eigenvalue weighted by atomic mass is 15.2. The molecule has 0 spiro atoms. The Balaban J connectivity index is 1.13. The summed E-state index contributed by atoms with van der Waals surface area (Å²) in [5, 5.41) is 4.53. The second-order valence-corrected chi connectivity index (χ2v) is 17.2. The number of rotatable bonds is 8. The number of fused-ring (bicyclic) bond motifs is 7. The third kappa shape index (κ3) is 6.68. The molecule has 0 saturated carbocycles. The molecule has 0 radical (unpaired) electrons. The molecule has 0 N–H and O–H groups in total. The van der Waals surface area contributed by atoms with E-state index in [4.69, 9.17) is 15.0 Å².